The fourth-order valence-electron chi connectivity index (χ4n) is 2.38. The van der Waals surface area contributed by atoms with Crippen molar-refractivity contribution in [3.8, 4) is 0 Å². The van der Waals surface area contributed by atoms with E-state index < -0.39 is 22.2 Å². The van der Waals surface area contributed by atoms with Gasteiger partial charge >= 0.3 is 5.97 Å². The molecule has 2 fully saturated rings. The van der Waals surface area contributed by atoms with E-state index in [1.54, 1.807) is 0 Å². The van der Waals surface area contributed by atoms with Crippen molar-refractivity contribution in [1.29, 1.82) is 0 Å². The molecular formula is C11H20N2O4S. The maximum absolute atomic E-state index is 12.1. The molecule has 1 saturated carbocycles. The Kier molecular flexibility index (Phi) is 3.93. The lowest BCUT2D eigenvalue weighted by Gasteiger charge is -2.31. The normalized spacial score (nSPS) is 27.9. The van der Waals surface area contributed by atoms with Crippen LogP contribution in [0.25, 0.3) is 0 Å². The van der Waals surface area contributed by atoms with Crippen molar-refractivity contribution >= 4 is 16.2 Å². The summed E-state index contributed by atoms with van der Waals surface area (Å²) in [5, 5.41) is 9.05. The summed E-state index contributed by atoms with van der Waals surface area (Å²) in [5.41, 5.74) is 0. The van der Waals surface area contributed by atoms with E-state index in [2.05, 4.69) is 4.72 Å². The van der Waals surface area contributed by atoms with Gasteiger partial charge in [-0.25, -0.2) is 0 Å². The number of carboxylic acids is 1. The second kappa shape index (κ2) is 5.14. The minimum absolute atomic E-state index is 0.0421. The van der Waals surface area contributed by atoms with Crippen molar-refractivity contribution in [2.75, 3.05) is 13.1 Å². The molecule has 2 unspecified atom stereocenters. The Hall–Kier alpha value is -0.660. The van der Waals surface area contributed by atoms with Gasteiger partial charge < -0.3 is 5.11 Å². The summed E-state index contributed by atoms with van der Waals surface area (Å²) < 4.78 is 28.0. The predicted molar refractivity (Wildman–Crippen MR) is 66.2 cm³/mol. The van der Waals surface area contributed by atoms with E-state index in [0.717, 1.165) is 25.7 Å². The van der Waals surface area contributed by atoms with Gasteiger partial charge in [0.2, 0.25) is 0 Å². The average molecular weight is 276 g/mol. The molecule has 2 aliphatic rings. The zero-order valence-electron chi connectivity index (χ0n) is 10.5. The van der Waals surface area contributed by atoms with Crippen LogP contribution in [0.2, 0.25) is 0 Å². The van der Waals surface area contributed by atoms with Crippen molar-refractivity contribution in [3.63, 3.8) is 0 Å². The Morgan fingerprint density at radius 1 is 1.39 bits per heavy atom. The van der Waals surface area contributed by atoms with Gasteiger partial charge in [-0.15, -0.1) is 0 Å². The SMILES string of the molecule is CC1CCCN(S(=O)(=O)NC(C(=O)O)C2CC2)C1. The average Bonchev–Trinajstić information content (AvgIpc) is 3.09. The Labute approximate surface area is 108 Å². The monoisotopic (exact) mass is 276 g/mol. The number of nitrogens with zero attached hydrogens (tertiary/aromatic N) is 1. The first kappa shape index (κ1) is 13.8. The zero-order chi connectivity index (χ0) is 13.3. The summed E-state index contributed by atoms with van der Waals surface area (Å²) in [4.78, 5) is 11.1. The highest BCUT2D eigenvalue weighted by Crippen LogP contribution is 2.33. The molecule has 0 amide bonds. The van der Waals surface area contributed by atoms with Crippen LogP contribution in [0.15, 0.2) is 0 Å². The smallest absolute Gasteiger partial charge is 0.322 e. The second-order valence-electron chi connectivity index (χ2n) is 5.38. The van der Waals surface area contributed by atoms with Crippen molar-refractivity contribution in [1.82, 2.24) is 9.03 Å². The van der Waals surface area contributed by atoms with Gasteiger partial charge in [0, 0.05) is 13.1 Å². The highest BCUT2D eigenvalue weighted by atomic mass is 32.2. The number of hydrogen-bond donors (Lipinski definition) is 2. The maximum atomic E-state index is 12.1. The van der Waals surface area contributed by atoms with Crippen molar-refractivity contribution in [3.05, 3.63) is 0 Å². The van der Waals surface area contributed by atoms with Gasteiger partial charge in [-0.2, -0.15) is 17.4 Å². The van der Waals surface area contributed by atoms with Gasteiger partial charge in [0.25, 0.3) is 10.2 Å². The number of carbonyl (C=O) groups is 1. The predicted octanol–water partition coefficient (Wildman–Crippen LogP) is 0.416. The van der Waals surface area contributed by atoms with E-state index in [0.29, 0.717) is 19.0 Å². The van der Waals surface area contributed by atoms with E-state index >= 15 is 0 Å². The Morgan fingerprint density at radius 3 is 2.56 bits per heavy atom. The van der Waals surface area contributed by atoms with E-state index in [9.17, 15) is 13.2 Å². The second-order valence-corrected chi connectivity index (χ2v) is 7.08. The largest absolute Gasteiger partial charge is 0.480 e. The fourth-order valence-corrected chi connectivity index (χ4v) is 3.96. The Balaban J connectivity index is 2.03. The third-order valence-corrected chi connectivity index (χ3v) is 5.16. The van der Waals surface area contributed by atoms with Crippen LogP contribution in [-0.4, -0.2) is 42.9 Å². The lowest BCUT2D eigenvalue weighted by molar-refractivity contribution is -0.139. The molecule has 1 aliphatic heterocycles. The molecule has 0 aromatic heterocycles. The topological polar surface area (TPSA) is 86.7 Å². The lowest BCUT2D eigenvalue weighted by Crippen LogP contribution is -2.51. The molecular weight excluding hydrogens is 256 g/mol. The molecule has 2 rings (SSSR count). The highest BCUT2D eigenvalue weighted by Gasteiger charge is 2.40. The zero-order valence-corrected chi connectivity index (χ0v) is 11.3. The number of aliphatic carboxylic acids is 1. The van der Waals surface area contributed by atoms with Crippen LogP contribution in [0.1, 0.15) is 32.6 Å². The van der Waals surface area contributed by atoms with Crippen LogP contribution in [0, 0.1) is 11.8 Å². The van der Waals surface area contributed by atoms with E-state index in [1.165, 1.54) is 4.31 Å². The third kappa shape index (κ3) is 3.21. The Morgan fingerprint density at radius 2 is 2.06 bits per heavy atom. The van der Waals surface area contributed by atoms with Gasteiger partial charge in [0.1, 0.15) is 6.04 Å². The van der Waals surface area contributed by atoms with Crippen LogP contribution < -0.4 is 4.72 Å². The molecule has 1 aliphatic carbocycles. The number of piperidine rings is 1. The summed E-state index contributed by atoms with van der Waals surface area (Å²) in [6, 6.07) is -0.966. The molecule has 0 spiro atoms. The molecule has 104 valence electrons. The van der Waals surface area contributed by atoms with E-state index in [4.69, 9.17) is 5.11 Å². The molecule has 0 aromatic rings. The van der Waals surface area contributed by atoms with E-state index in [1.807, 2.05) is 6.92 Å². The lowest BCUT2D eigenvalue weighted by atomic mass is 10.0. The van der Waals surface area contributed by atoms with Gasteiger partial charge in [-0.3, -0.25) is 4.79 Å². The quantitative estimate of drug-likeness (QED) is 0.761. The molecule has 2 atom stereocenters. The van der Waals surface area contributed by atoms with Crippen LogP contribution in [-0.2, 0) is 15.0 Å². The highest BCUT2D eigenvalue weighted by molar-refractivity contribution is 7.87. The maximum Gasteiger partial charge on any atom is 0.322 e. The van der Waals surface area contributed by atoms with Crippen LogP contribution >= 0.6 is 0 Å². The number of rotatable bonds is 5. The van der Waals surface area contributed by atoms with Crippen LogP contribution in [0.5, 0.6) is 0 Å². The third-order valence-electron chi connectivity index (χ3n) is 3.60. The van der Waals surface area contributed by atoms with Gasteiger partial charge in [0.15, 0.2) is 0 Å². The Bertz CT molecular complexity index is 419. The number of carboxylic acid groups (broad SMARTS) is 1. The molecule has 18 heavy (non-hydrogen) atoms. The van der Waals surface area contributed by atoms with E-state index in [-0.39, 0.29) is 5.92 Å². The summed E-state index contributed by atoms with van der Waals surface area (Å²) in [6.45, 7) is 2.97. The molecule has 2 N–H and O–H groups in total. The molecule has 1 saturated heterocycles. The summed E-state index contributed by atoms with van der Waals surface area (Å²) >= 11 is 0. The minimum atomic E-state index is -3.66. The molecule has 0 bridgehead atoms. The molecule has 0 aromatic carbocycles. The first-order valence-corrected chi connectivity index (χ1v) is 7.84. The van der Waals surface area contributed by atoms with Crippen molar-refractivity contribution in [2.24, 2.45) is 11.8 Å². The van der Waals surface area contributed by atoms with Gasteiger partial charge in [-0.05, 0) is 37.5 Å². The summed E-state index contributed by atoms with van der Waals surface area (Å²) in [7, 11) is -3.66. The summed E-state index contributed by atoms with van der Waals surface area (Å²) in [6.07, 6.45) is 3.44. The first-order valence-electron chi connectivity index (χ1n) is 6.40. The standard InChI is InChI=1S/C11H20N2O4S/c1-8-3-2-6-13(7-8)18(16,17)12-10(11(14)15)9-4-5-9/h8-10,12H,2-7H2,1H3,(H,14,15). The molecule has 7 heteroatoms. The number of hydrogen-bond acceptors (Lipinski definition) is 3. The van der Waals surface area contributed by atoms with Crippen LogP contribution in [0.4, 0.5) is 0 Å². The number of nitrogens with one attached hydrogen (secondary N) is 1. The molecule has 0 radical (unpaired) electrons. The molecule has 6 nitrogen and oxygen atoms in total. The minimum Gasteiger partial charge on any atom is -0.480 e. The fraction of sp³-hybridized carbons (Fsp3) is 0.909. The van der Waals surface area contributed by atoms with Gasteiger partial charge in [0.05, 0.1) is 0 Å². The van der Waals surface area contributed by atoms with Gasteiger partial charge in [-0.1, -0.05) is 6.92 Å². The van der Waals surface area contributed by atoms with Crippen molar-refractivity contribution < 1.29 is 18.3 Å². The molecule has 1 heterocycles. The van der Waals surface area contributed by atoms with Crippen molar-refractivity contribution in [2.45, 2.75) is 38.6 Å². The first-order chi connectivity index (χ1) is 8.40. The summed E-state index contributed by atoms with van der Waals surface area (Å²) in [5.74, 6) is -0.787. The van der Waals surface area contributed by atoms with Crippen LogP contribution in [0.3, 0.4) is 0 Å².